The molecule has 2 aromatic carbocycles. The van der Waals surface area contributed by atoms with Gasteiger partial charge in [0, 0.05) is 5.02 Å². The molecule has 120 valence electrons. The molecule has 2 rings (SSSR count). The Morgan fingerprint density at radius 3 is 2.43 bits per heavy atom. The van der Waals surface area contributed by atoms with Crippen molar-refractivity contribution in [1.29, 1.82) is 0 Å². The highest BCUT2D eigenvalue weighted by Crippen LogP contribution is 2.23. The summed E-state index contributed by atoms with van der Waals surface area (Å²) in [6, 6.07) is 11.3. The van der Waals surface area contributed by atoms with Crippen molar-refractivity contribution < 1.29 is 24.2 Å². The van der Waals surface area contributed by atoms with Crippen LogP contribution in [-0.2, 0) is 11.2 Å². The number of carbonyl (C=O) groups is 2. The molecular formula is C17H15ClO5. The average molecular weight is 335 g/mol. The molecule has 0 heterocycles. The number of rotatable bonds is 6. The summed E-state index contributed by atoms with van der Waals surface area (Å²) < 4.78 is 10.3. The van der Waals surface area contributed by atoms with Crippen molar-refractivity contribution in [3.63, 3.8) is 0 Å². The van der Waals surface area contributed by atoms with Gasteiger partial charge in [0.05, 0.1) is 0 Å². The van der Waals surface area contributed by atoms with Gasteiger partial charge in [0.1, 0.15) is 17.1 Å². The van der Waals surface area contributed by atoms with Gasteiger partial charge in [-0.05, 0) is 42.3 Å². The van der Waals surface area contributed by atoms with Gasteiger partial charge in [-0.15, -0.1) is 0 Å². The average Bonchev–Trinajstić information content (AvgIpc) is 2.55. The van der Waals surface area contributed by atoms with Crippen LogP contribution in [0.3, 0.4) is 0 Å². The summed E-state index contributed by atoms with van der Waals surface area (Å²) in [6.45, 7) is 1.71. The Morgan fingerprint density at radius 2 is 1.83 bits per heavy atom. The zero-order valence-corrected chi connectivity index (χ0v) is 13.2. The molecule has 2 aromatic rings. The van der Waals surface area contributed by atoms with Crippen molar-refractivity contribution >= 4 is 23.5 Å². The van der Waals surface area contributed by atoms with Gasteiger partial charge in [-0.3, -0.25) is 0 Å². The monoisotopic (exact) mass is 334 g/mol. The van der Waals surface area contributed by atoms with Crippen LogP contribution < -0.4 is 9.47 Å². The van der Waals surface area contributed by atoms with Crippen molar-refractivity contribution in [3.8, 4) is 11.5 Å². The van der Waals surface area contributed by atoms with Crippen molar-refractivity contribution in [2.75, 3.05) is 6.61 Å². The molecule has 0 unspecified atom stereocenters. The Balaban J connectivity index is 1.98. The number of benzene rings is 2. The predicted molar refractivity (Wildman–Crippen MR) is 85.4 cm³/mol. The zero-order valence-electron chi connectivity index (χ0n) is 12.4. The van der Waals surface area contributed by atoms with E-state index in [0.717, 1.165) is 12.0 Å². The minimum absolute atomic E-state index is 0.0724. The largest absolute Gasteiger partial charge is 0.482 e. The third-order valence-corrected chi connectivity index (χ3v) is 3.32. The highest BCUT2D eigenvalue weighted by atomic mass is 35.5. The molecule has 0 aliphatic rings. The third kappa shape index (κ3) is 4.72. The predicted octanol–water partition coefficient (Wildman–Crippen LogP) is 3.59. The number of hydrogen-bond donors (Lipinski definition) is 1. The maximum Gasteiger partial charge on any atom is 0.349 e. The fraction of sp³-hybridized carbons (Fsp3) is 0.176. The standard InChI is InChI=1S/C17H15ClO5/c1-2-11-3-6-13(7-4-11)22-10-16(19)23-15-8-5-12(18)9-14(15)17(20)21/h3-9H,2,10H2,1H3,(H,20,21). The van der Waals surface area contributed by atoms with Crippen LogP contribution in [0.2, 0.25) is 5.02 Å². The molecule has 0 radical (unpaired) electrons. The van der Waals surface area contributed by atoms with Gasteiger partial charge in [-0.2, -0.15) is 0 Å². The van der Waals surface area contributed by atoms with Gasteiger partial charge in [0.25, 0.3) is 0 Å². The van der Waals surface area contributed by atoms with Crippen molar-refractivity contribution in [2.24, 2.45) is 0 Å². The summed E-state index contributed by atoms with van der Waals surface area (Å²) in [4.78, 5) is 22.9. The van der Waals surface area contributed by atoms with E-state index in [-0.39, 0.29) is 22.9 Å². The highest BCUT2D eigenvalue weighted by molar-refractivity contribution is 6.31. The van der Waals surface area contributed by atoms with Crippen LogP contribution >= 0.6 is 11.6 Å². The lowest BCUT2D eigenvalue weighted by Crippen LogP contribution is -2.19. The Hall–Kier alpha value is -2.53. The van der Waals surface area contributed by atoms with E-state index in [9.17, 15) is 9.59 Å². The summed E-state index contributed by atoms with van der Waals surface area (Å²) in [5.74, 6) is -1.47. The first kappa shape index (κ1) is 16.8. The van der Waals surface area contributed by atoms with Crippen LogP contribution in [0.5, 0.6) is 11.5 Å². The molecule has 0 aromatic heterocycles. The van der Waals surface area contributed by atoms with E-state index in [0.29, 0.717) is 5.75 Å². The van der Waals surface area contributed by atoms with Crippen LogP contribution in [0.1, 0.15) is 22.8 Å². The summed E-state index contributed by atoms with van der Waals surface area (Å²) >= 11 is 5.73. The van der Waals surface area contributed by atoms with E-state index in [1.54, 1.807) is 12.1 Å². The first-order valence-electron chi connectivity index (χ1n) is 6.95. The third-order valence-electron chi connectivity index (χ3n) is 3.08. The summed E-state index contributed by atoms with van der Waals surface area (Å²) in [7, 11) is 0. The van der Waals surface area contributed by atoms with Crippen molar-refractivity contribution in [3.05, 3.63) is 58.6 Å². The minimum atomic E-state index is -1.23. The number of esters is 1. The molecule has 0 atom stereocenters. The van der Waals surface area contributed by atoms with Gasteiger partial charge in [-0.1, -0.05) is 30.7 Å². The first-order chi connectivity index (χ1) is 11.0. The molecule has 0 fully saturated rings. The van der Waals surface area contributed by atoms with E-state index in [4.69, 9.17) is 26.2 Å². The molecule has 0 aliphatic carbocycles. The fourth-order valence-electron chi connectivity index (χ4n) is 1.87. The van der Waals surface area contributed by atoms with Gasteiger partial charge < -0.3 is 14.6 Å². The van der Waals surface area contributed by atoms with E-state index in [1.807, 2.05) is 19.1 Å². The lowest BCUT2D eigenvalue weighted by atomic mass is 10.2. The molecule has 0 amide bonds. The number of carbonyl (C=O) groups excluding carboxylic acids is 1. The van der Waals surface area contributed by atoms with Crippen LogP contribution in [0.25, 0.3) is 0 Å². The lowest BCUT2D eigenvalue weighted by Gasteiger charge is -2.09. The Morgan fingerprint density at radius 1 is 1.13 bits per heavy atom. The maximum absolute atomic E-state index is 11.8. The summed E-state index contributed by atoms with van der Waals surface area (Å²) in [6.07, 6.45) is 0.914. The summed E-state index contributed by atoms with van der Waals surface area (Å²) in [5.41, 5.74) is 0.977. The van der Waals surface area contributed by atoms with E-state index >= 15 is 0 Å². The molecule has 1 N–H and O–H groups in total. The molecule has 23 heavy (non-hydrogen) atoms. The topological polar surface area (TPSA) is 72.8 Å². The van der Waals surface area contributed by atoms with Gasteiger partial charge in [0.15, 0.2) is 6.61 Å². The van der Waals surface area contributed by atoms with Crippen LogP contribution in [-0.4, -0.2) is 23.7 Å². The fourth-order valence-corrected chi connectivity index (χ4v) is 2.05. The quantitative estimate of drug-likeness (QED) is 0.645. The number of carboxylic acids is 1. The van der Waals surface area contributed by atoms with Crippen molar-refractivity contribution in [2.45, 2.75) is 13.3 Å². The van der Waals surface area contributed by atoms with Gasteiger partial charge >= 0.3 is 11.9 Å². The van der Waals surface area contributed by atoms with Gasteiger partial charge in [0.2, 0.25) is 0 Å². The Bertz CT molecular complexity index is 709. The Labute approximate surface area is 138 Å². The zero-order chi connectivity index (χ0) is 16.8. The molecule has 6 heteroatoms. The lowest BCUT2D eigenvalue weighted by molar-refractivity contribution is -0.136. The number of carboxylic acid groups (broad SMARTS) is 1. The van der Waals surface area contributed by atoms with E-state index in [2.05, 4.69) is 0 Å². The SMILES string of the molecule is CCc1ccc(OCC(=O)Oc2ccc(Cl)cc2C(=O)O)cc1. The van der Waals surface area contributed by atoms with Crippen molar-refractivity contribution in [1.82, 2.24) is 0 Å². The van der Waals surface area contributed by atoms with E-state index < -0.39 is 11.9 Å². The molecule has 0 aliphatic heterocycles. The number of ether oxygens (including phenoxy) is 2. The maximum atomic E-state index is 11.8. The second-order valence-electron chi connectivity index (χ2n) is 4.71. The molecule has 0 bridgehead atoms. The molecule has 0 spiro atoms. The normalized spacial score (nSPS) is 10.2. The van der Waals surface area contributed by atoms with Crippen LogP contribution in [0.4, 0.5) is 0 Å². The Kier molecular flexibility index (Phi) is 5.60. The van der Waals surface area contributed by atoms with E-state index in [1.165, 1.54) is 18.2 Å². The molecule has 5 nitrogen and oxygen atoms in total. The number of halogens is 1. The molecule has 0 saturated carbocycles. The first-order valence-corrected chi connectivity index (χ1v) is 7.32. The second-order valence-corrected chi connectivity index (χ2v) is 5.14. The van der Waals surface area contributed by atoms with Crippen LogP contribution in [0, 0.1) is 0 Å². The smallest absolute Gasteiger partial charge is 0.349 e. The summed E-state index contributed by atoms with van der Waals surface area (Å²) in [5, 5.41) is 9.32. The van der Waals surface area contributed by atoms with Crippen LogP contribution in [0.15, 0.2) is 42.5 Å². The number of aryl methyl sites for hydroxylation is 1. The number of hydrogen-bond acceptors (Lipinski definition) is 4. The number of aromatic carboxylic acids is 1. The van der Waals surface area contributed by atoms with Gasteiger partial charge in [-0.25, -0.2) is 9.59 Å². The molecule has 0 saturated heterocycles. The highest BCUT2D eigenvalue weighted by Gasteiger charge is 2.15. The second kappa shape index (κ2) is 7.65. The minimum Gasteiger partial charge on any atom is -0.482 e. The molecular weight excluding hydrogens is 320 g/mol.